The molecule has 0 amide bonds. The number of rotatable bonds is 7. The Morgan fingerprint density at radius 2 is 2.14 bits per heavy atom. The third-order valence-electron chi connectivity index (χ3n) is 3.22. The highest BCUT2D eigenvalue weighted by Gasteiger charge is 2.09. The van der Waals surface area contributed by atoms with Gasteiger partial charge in [-0.1, -0.05) is 12.1 Å². The topological polar surface area (TPSA) is 79.4 Å². The van der Waals surface area contributed by atoms with Crippen LogP contribution in [0.2, 0.25) is 0 Å². The Balaban J connectivity index is 2.45. The highest BCUT2D eigenvalue weighted by atomic mass is 16.5. The van der Waals surface area contributed by atoms with E-state index in [1.807, 2.05) is 31.2 Å². The number of hydrogen-bond donors (Lipinski definition) is 1. The first-order valence-corrected chi connectivity index (χ1v) is 7.22. The lowest BCUT2D eigenvalue weighted by atomic mass is 10.1. The van der Waals surface area contributed by atoms with Crippen LogP contribution in [0.3, 0.4) is 0 Å². The fourth-order valence-corrected chi connectivity index (χ4v) is 2.13. The van der Waals surface area contributed by atoms with Crippen molar-refractivity contribution in [1.82, 2.24) is 9.78 Å². The number of nitrogens with zero attached hydrogens (tertiary/aromatic N) is 2. The fraction of sp³-hybridized carbons (Fsp3) is 0.375. The Hall–Kier alpha value is -2.18. The number of hydrogen-bond acceptors (Lipinski definition) is 5. The molecule has 0 fully saturated rings. The van der Waals surface area contributed by atoms with Crippen LogP contribution in [0, 0.1) is 0 Å². The van der Waals surface area contributed by atoms with Crippen molar-refractivity contribution in [2.45, 2.75) is 20.0 Å². The number of ether oxygens (including phenoxy) is 2. The van der Waals surface area contributed by atoms with Crippen molar-refractivity contribution in [2.24, 2.45) is 5.73 Å². The summed E-state index contributed by atoms with van der Waals surface area (Å²) in [5, 5.41) is 4.40. The van der Waals surface area contributed by atoms with Crippen molar-refractivity contribution in [3.05, 3.63) is 46.2 Å². The zero-order chi connectivity index (χ0) is 15.9. The third kappa shape index (κ3) is 3.72. The minimum atomic E-state index is -0.177. The summed E-state index contributed by atoms with van der Waals surface area (Å²) in [6.07, 6.45) is 0. The average Bonchev–Trinajstić information content (AvgIpc) is 2.54. The number of aromatic nitrogens is 2. The van der Waals surface area contributed by atoms with Gasteiger partial charge in [0.15, 0.2) is 0 Å². The second-order valence-electron chi connectivity index (χ2n) is 4.74. The monoisotopic (exact) mass is 303 g/mol. The molecule has 2 rings (SSSR count). The van der Waals surface area contributed by atoms with Gasteiger partial charge in [-0.15, -0.1) is 0 Å². The first-order chi connectivity index (χ1) is 10.7. The molecule has 1 heterocycles. The fourth-order valence-electron chi connectivity index (χ4n) is 2.13. The standard InChI is InChI=1S/C16H21N3O3/c1-3-22-14-6-4-5-12(9-14)15-10-13(11-17)16(20)19(18-15)7-8-21-2/h4-6,9-10H,3,7-8,11,17H2,1-2H3. The van der Waals surface area contributed by atoms with Crippen LogP contribution in [0.1, 0.15) is 12.5 Å². The minimum Gasteiger partial charge on any atom is -0.494 e. The molecule has 1 aromatic carbocycles. The van der Waals surface area contributed by atoms with Crippen LogP contribution in [-0.2, 0) is 17.8 Å². The molecule has 0 aliphatic heterocycles. The van der Waals surface area contributed by atoms with Crippen molar-refractivity contribution >= 4 is 0 Å². The summed E-state index contributed by atoms with van der Waals surface area (Å²) in [5.74, 6) is 0.769. The Morgan fingerprint density at radius 1 is 1.32 bits per heavy atom. The summed E-state index contributed by atoms with van der Waals surface area (Å²) in [6, 6.07) is 9.34. The van der Waals surface area contributed by atoms with Gasteiger partial charge in [0, 0.05) is 24.8 Å². The van der Waals surface area contributed by atoms with E-state index in [1.54, 1.807) is 13.2 Å². The van der Waals surface area contributed by atoms with Crippen LogP contribution in [-0.4, -0.2) is 30.1 Å². The van der Waals surface area contributed by atoms with Gasteiger partial charge in [-0.3, -0.25) is 4.79 Å². The van der Waals surface area contributed by atoms with Gasteiger partial charge in [-0.2, -0.15) is 5.10 Å². The number of nitrogens with two attached hydrogens (primary N) is 1. The molecule has 0 saturated heterocycles. The maximum Gasteiger partial charge on any atom is 0.271 e. The van der Waals surface area contributed by atoms with Gasteiger partial charge in [-0.05, 0) is 25.1 Å². The summed E-state index contributed by atoms with van der Waals surface area (Å²) >= 11 is 0. The molecule has 0 aliphatic carbocycles. The average molecular weight is 303 g/mol. The summed E-state index contributed by atoms with van der Waals surface area (Å²) < 4.78 is 11.9. The number of methoxy groups -OCH3 is 1. The molecule has 22 heavy (non-hydrogen) atoms. The van der Waals surface area contributed by atoms with E-state index in [4.69, 9.17) is 15.2 Å². The molecule has 6 nitrogen and oxygen atoms in total. The zero-order valence-electron chi connectivity index (χ0n) is 12.9. The SMILES string of the molecule is CCOc1cccc(-c2cc(CN)c(=O)n(CCOC)n2)c1. The highest BCUT2D eigenvalue weighted by molar-refractivity contribution is 5.61. The molecule has 0 atom stereocenters. The predicted octanol–water partition coefficient (Wildman–Crippen LogP) is 1.41. The Morgan fingerprint density at radius 3 is 2.82 bits per heavy atom. The van der Waals surface area contributed by atoms with E-state index >= 15 is 0 Å². The van der Waals surface area contributed by atoms with Crippen molar-refractivity contribution < 1.29 is 9.47 Å². The van der Waals surface area contributed by atoms with E-state index in [-0.39, 0.29) is 12.1 Å². The van der Waals surface area contributed by atoms with E-state index in [1.165, 1.54) is 4.68 Å². The molecule has 0 spiro atoms. The van der Waals surface area contributed by atoms with Crippen molar-refractivity contribution in [2.75, 3.05) is 20.3 Å². The number of benzene rings is 1. The summed E-state index contributed by atoms with van der Waals surface area (Å²) in [6.45, 7) is 3.51. The third-order valence-corrected chi connectivity index (χ3v) is 3.22. The summed E-state index contributed by atoms with van der Waals surface area (Å²) in [7, 11) is 1.59. The highest BCUT2D eigenvalue weighted by Crippen LogP contribution is 2.22. The smallest absolute Gasteiger partial charge is 0.271 e. The maximum absolute atomic E-state index is 12.2. The van der Waals surface area contributed by atoms with Crippen LogP contribution in [0.5, 0.6) is 5.75 Å². The van der Waals surface area contributed by atoms with Crippen LogP contribution < -0.4 is 16.0 Å². The van der Waals surface area contributed by atoms with Crippen LogP contribution in [0.4, 0.5) is 0 Å². The summed E-state index contributed by atoms with van der Waals surface area (Å²) in [5.41, 5.74) is 7.60. The van der Waals surface area contributed by atoms with Gasteiger partial charge in [0.1, 0.15) is 5.75 Å². The van der Waals surface area contributed by atoms with Crippen molar-refractivity contribution in [3.63, 3.8) is 0 Å². The van der Waals surface area contributed by atoms with Gasteiger partial charge < -0.3 is 15.2 Å². The van der Waals surface area contributed by atoms with Crippen molar-refractivity contribution in [1.29, 1.82) is 0 Å². The van der Waals surface area contributed by atoms with E-state index in [0.717, 1.165) is 11.3 Å². The molecular weight excluding hydrogens is 282 g/mol. The van der Waals surface area contributed by atoms with Gasteiger partial charge in [0.25, 0.3) is 5.56 Å². The van der Waals surface area contributed by atoms with Gasteiger partial charge in [-0.25, -0.2) is 4.68 Å². The maximum atomic E-state index is 12.2. The molecule has 2 N–H and O–H groups in total. The predicted molar refractivity (Wildman–Crippen MR) is 84.9 cm³/mol. The zero-order valence-corrected chi connectivity index (χ0v) is 12.9. The first kappa shape index (κ1) is 16.2. The quantitative estimate of drug-likeness (QED) is 0.836. The van der Waals surface area contributed by atoms with E-state index in [2.05, 4.69) is 5.10 Å². The van der Waals surface area contributed by atoms with Crippen LogP contribution in [0.25, 0.3) is 11.3 Å². The second kappa shape index (κ2) is 7.72. The molecule has 6 heteroatoms. The molecule has 0 aliphatic rings. The normalized spacial score (nSPS) is 10.7. The van der Waals surface area contributed by atoms with Crippen LogP contribution >= 0.6 is 0 Å². The lowest BCUT2D eigenvalue weighted by Gasteiger charge is -2.11. The Labute approximate surface area is 129 Å². The van der Waals surface area contributed by atoms with Crippen LogP contribution in [0.15, 0.2) is 35.1 Å². The van der Waals surface area contributed by atoms with E-state index < -0.39 is 0 Å². The van der Waals surface area contributed by atoms with Crippen molar-refractivity contribution in [3.8, 4) is 17.0 Å². The van der Waals surface area contributed by atoms with Gasteiger partial charge in [0.05, 0.1) is 25.5 Å². The Bertz CT molecular complexity index is 683. The van der Waals surface area contributed by atoms with Gasteiger partial charge in [0.2, 0.25) is 0 Å². The molecule has 0 saturated carbocycles. The molecule has 1 aromatic heterocycles. The lowest BCUT2D eigenvalue weighted by molar-refractivity contribution is 0.182. The molecule has 0 radical (unpaired) electrons. The molecule has 2 aromatic rings. The molecule has 118 valence electrons. The Kier molecular flexibility index (Phi) is 5.68. The minimum absolute atomic E-state index is 0.173. The second-order valence-corrected chi connectivity index (χ2v) is 4.74. The van der Waals surface area contributed by atoms with E-state index in [9.17, 15) is 4.79 Å². The summed E-state index contributed by atoms with van der Waals surface area (Å²) in [4.78, 5) is 12.2. The molecule has 0 bridgehead atoms. The van der Waals surface area contributed by atoms with Gasteiger partial charge >= 0.3 is 0 Å². The largest absolute Gasteiger partial charge is 0.494 e. The molecular formula is C16H21N3O3. The molecule has 0 unspecified atom stereocenters. The van der Waals surface area contributed by atoms with E-state index in [0.29, 0.717) is 31.0 Å². The first-order valence-electron chi connectivity index (χ1n) is 7.22. The lowest BCUT2D eigenvalue weighted by Crippen LogP contribution is -2.29.